The Bertz CT molecular complexity index is 1040. The summed E-state index contributed by atoms with van der Waals surface area (Å²) in [4.78, 5) is 38.7. The van der Waals surface area contributed by atoms with E-state index in [1.165, 1.54) is 0 Å². The van der Waals surface area contributed by atoms with Crippen LogP contribution in [0.5, 0.6) is 0 Å². The highest BCUT2D eigenvalue weighted by Gasteiger charge is 2.55. The SMILES string of the molecule is Cc1ccc(N2C(=O)[C@@H]3N=NN(CC(=O)Nc4cc(F)ccc4F)[C@H]3C2=O)cc1. The molecule has 2 aliphatic rings. The molecule has 0 radical (unpaired) electrons. The van der Waals surface area contributed by atoms with E-state index < -0.39 is 48.0 Å². The van der Waals surface area contributed by atoms with Gasteiger partial charge in [-0.2, -0.15) is 5.11 Å². The van der Waals surface area contributed by atoms with Crippen molar-refractivity contribution in [1.29, 1.82) is 0 Å². The normalized spacial score (nSPS) is 20.4. The van der Waals surface area contributed by atoms with Crippen LogP contribution in [-0.2, 0) is 14.4 Å². The minimum atomic E-state index is -1.06. The third kappa shape index (κ3) is 3.33. The van der Waals surface area contributed by atoms with Crippen molar-refractivity contribution in [2.45, 2.75) is 19.0 Å². The van der Waals surface area contributed by atoms with E-state index in [1.54, 1.807) is 24.3 Å². The number of hydrogen-bond acceptors (Lipinski definition) is 6. The number of fused-ring (bicyclic) bond motifs is 1. The topological polar surface area (TPSA) is 94.4 Å². The molecule has 0 aliphatic carbocycles. The fourth-order valence-corrected chi connectivity index (χ4v) is 3.23. The molecule has 2 aromatic rings. The van der Waals surface area contributed by atoms with E-state index in [0.29, 0.717) is 5.69 Å². The highest BCUT2D eigenvalue weighted by atomic mass is 19.1. The molecule has 10 heteroatoms. The van der Waals surface area contributed by atoms with Crippen LogP contribution >= 0.6 is 0 Å². The lowest BCUT2D eigenvalue weighted by molar-refractivity contribution is -0.123. The number of rotatable bonds is 4. The van der Waals surface area contributed by atoms with Gasteiger partial charge in [-0.3, -0.25) is 19.4 Å². The quantitative estimate of drug-likeness (QED) is 0.798. The molecule has 2 heterocycles. The van der Waals surface area contributed by atoms with Crippen molar-refractivity contribution >= 4 is 29.1 Å². The molecule has 0 saturated carbocycles. The van der Waals surface area contributed by atoms with E-state index >= 15 is 0 Å². The maximum atomic E-state index is 13.7. The molecule has 3 amide bonds. The number of anilines is 2. The number of nitrogens with one attached hydrogen (secondary N) is 1. The van der Waals surface area contributed by atoms with Crippen LogP contribution in [0.2, 0.25) is 0 Å². The van der Waals surface area contributed by atoms with Gasteiger partial charge in [-0.1, -0.05) is 22.9 Å². The van der Waals surface area contributed by atoms with E-state index in [4.69, 9.17) is 0 Å². The predicted molar refractivity (Wildman–Crippen MR) is 97.8 cm³/mol. The molecule has 2 aliphatic heterocycles. The Balaban J connectivity index is 1.49. The first-order valence-corrected chi connectivity index (χ1v) is 8.72. The lowest BCUT2D eigenvalue weighted by atomic mass is 10.1. The van der Waals surface area contributed by atoms with E-state index in [2.05, 4.69) is 15.7 Å². The molecule has 2 aromatic carbocycles. The Morgan fingerprint density at radius 1 is 1.10 bits per heavy atom. The zero-order valence-electron chi connectivity index (χ0n) is 15.2. The fraction of sp³-hybridized carbons (Fsp3) is 0.211. The third-order valence-electron chi connectivity index (χ3n) is 4.66. The molecule has 4 rings (SSSR count). The number of nitrogens with zero attached hydrogens (tertiary/aromatic N) is 4. The van der Waals surface area contributed by atoms with E-state index in [9.17, 15) is 23.2 Å². The summed E-state index contributed by atoms with van der Waals surface area (Å²) in [7, 11) is 0. The second-order valence-corrected chi connectivity index (χ2v) is 6.71. The van der Waals surface area contributed by atoms with Gasteiger partial charge in [0.1, 0.15) is 18.2 Å². The fourth-order valence-electron chi connectivity index (χ4n) is 3.23. The monoisotopic (exact) mass is 399 g/mol. The first-order valence-electron chi connectivity index (χ1n) is 8.72. The zero-order chi connectivity index (χ0) is 20.7. The van der Waals surface area contributed by atoms with Gasteiger partial charge in [-0.15, -0.1) is 0 Å². The van der Waals surface area contributed by atoms with Crippen LogP contribution < -0.4 is 10.2 Å². The highest BCUT2D eigenvalue weighted by Crippen LogP contribution is 2.31. The van der Waals surface area contributed by atoms with Gasteiger partial charge in [0.15, 0.2) is 12.1 Å². The first kappa shape index (κ1) is 18.7. The van der Waals surface area contributed by atoms with Gasteiger partial charge in [0, 0.05) is 6.07 Å². The first-order chi connectivity index (χ1) is 13.8. The number of hydrogen-bond donors (Lipinski definition) is 1. The number of aryl methyl sites for hydroxylation is 1. The maximum Gasteiger partial charge on any atom is 0.263 e. The van der Waals surface area contributed by atoms with Crippen LogP contribution in [-0.4, -0.2) is 41.4 Å². The second kappa shape index (κ2) is 7.04. The zero-order valence-corrected chi connectivity index (χ0v) is 15.2. The Kier molecular flexibility index (Phi) is 4.53. The summed E-state index contributed by atoms with van der Waals surface area (Å²) < 4.78 is 26.9. The molecule has 148 valence electrons. The maximum absolute atomic E-state index is 13.7. The lowest BCUT2D eigenvalue weighted by Gasteiger charge is -2.20. The Hall–Kier alpha value is -3.69. The number of amides is 3. The molecular formula is C19H15F2N5O3. The number of carbonyl (C=O) groups excluding carboxylic acids is 3. The summed E-state index contributed by atoms with van der Waals surface area (Å²) in [5.41, 5.74) is 1.04. The number of carbonyl (C=O) groups is 3. The molecule has 29 heavy (non-hydrogen) atoms. The van der Waals surface area contributed by atoms with Crippen molar-refractivity contribution in [3.63, 3.8) is 0 Å². The van der Waals surface area contributed by atoms with E-state index in [-0.39, 0.29) is 5.69 Å². The van der Waals surface area contributed by atoms with Gasteiger partial charge >= 0.3 is 0 Å². The predicted octanol–water partition coefficient (Wildman–Crippen LogP) is 2.21. The molecule has 2 atom stereocenters. The summed E-state index contributed by atoms with van der Waals surface area (Å²) >= 11 is 0. The van der Waals surface area contributed by atoms with Crippen molar-refractivity contribution in [2.24, 2.45) is 10.3 Å². The summed E-state index contributed by atoms with van der Waals surface area (Å²) in [6.45, 7) is 1.42. The van der Waals surface area contributed by atoms with E-state index in [0.717, 1.165) is 33.7 Å². The second-order valence-electron chi connectivity index (χ2n) is 6.71. The van der Waals surface area contributed by atoms with E-state index in [1.807, 2.05) is 6.92 Å². The van der Waals surface area contributed by atoms with Gasteiger partial charge in [0.05, 0.1) is 11.4 Å². The number of imide groups is 1. The van der Waals surface area contributed by atoms with Gasteiger partial charge in [-0.25, -0.2) is 13.7 Å². The molecule has 1 fully saturated rings. The van der Waals surface area contributed by atoms with Gasteiger partial charge < -0.3 is 5.32 Å². The Morgan fingerprint density at radius 2 is 1.83 bits per heavy atom. The lowest BCUT2D eigenvalue weighted by Crippen LogP contribution is -2.43. The minimum absolute atomic E-state index is 0.335. The molecule has 8 nitrogen and oxygen atoms in total. The molecule has 1 saturated heterocycles. The molecule has 0 bridgehead atoms. The largest absolute Gasteiger partial charge is 0.322 e. The average molecular weight is 399 g/mol. The summed E-state index contributed by atoms with van der Waals surface area (Å²) in [5.74, 6) is -3.35. The van der Waals surface area contributed by atoms with Crippen LogP contribution in [0.25, 0.3) is 0 Å². The van der Waals surface area contributed by atoms with Crippen LogP contribution in [0.1, 0.15) is 5.56 Å². The standard InChI is InChI=1S/C19H15F2N5O3/c1-10-2-5-12(6-3-10)26-18(28)16-17(19(26)29)25(24-23-16)9-15(27)22-14-8-11(20)4-7-13(14)21/h2-8,16-17H,9H2,1H3,(H,22,27)/t16-,17-/m1/s1. The molecule has 0 aromatic heterocycles. The number of halogens is 2. The van der Waals surface area contributed by atoms with Crippen LogP contribution in [0.3, 0.4) is 0 Å². The third-order valence-corrected chi connectivity index (χ3v) is 4.66. The summed E-state index contributed by atoms with van der Waals surface area (Å²) in [6, 6.07) is 7.36. The average Bonchev–Trinajstić information content (AvgIpc) is 3.19. The van der Waals surface area contributed by atoms with Crippen molar-refractivity contribution < 1.29 is 23.2 Å². The van der Waals surface area contributed by atoms with Crippen LogP contribution in [0, 0.1) is 18.6 Å². The molecular weight excluding hydrogens is 384 g/mol. The molecule has 1 N–H and O–H groups in total. The Morgan fingerprint density at radius 3 is 2.55 bits per heavy atom. The Labute approximate surface area is 163 Å². The van der Waals surface area contributed by atoms with Crippen LogP contribution in [0.15, 0.2) is 52.8 Å². The number of benzene rings is 2. The minimum Gasteiger partial charge on any atom is -0.322 e. The van der Waals surface area contributed by atoms with Crippen molar-refractivity contribution in [3.8, 4) is 0 Å². The molecule has 0 spiro atoms. The van der Waals surface area contributed by atoms with Crippen molar-refractivity contribution in [2.75, 3.05) is 16.8 Å². The van der Waals surface area contributed by atoms with Crippen molar-refractivity contribution in [3.05, 3.63) is 59.7 Å². The van der Waals surface area contributed by atoms with Gasteiger partial charge in [0.25, 0.3) is 11.8 Å². The summed E-state index contributed by atoms with van der Waals surface area (Å²) in [6.07, 6.45) is 0. The van der Waals surface area contributed by atoms with Gasteiger partial charge in [0.2, 0.25) is 5.91 Å². The van der Waals surface area contributed by atoms with Gasteiger partial charge in [-0.05, 0) is 31.2 Å². The smallest absolute Gasteiger partial charge is 0.263 e. The van der Waals surface area contributed by atoms with Crippen LogP contribution in [0.4, 0.5) is 20.2 Å². The van der Waals surface area contributed by atoms with Crippen molar-refractivity contribution in [1.82, 2.24) is 5.01 Å². The highest BCUT2D eigenvalue weighted by molar-refractivity contribution is 6.25. The molecule has 0 unspecified atom stereocenters. The summed E-state index contributed by atoms with van der Waals surface area (Å²) in [5, 5.41) is 10.9.